The van der Waals surface area contributed by atoms with Crippen molar-refractivity contribution in [1.82, 2.24) is 9.97 Å². The normalized spacial score (nSPS) is 10.8. The summed E-state index contributed by atoms with van der Waals surface area (Å²) in [7, 11) is 0. The van der Waals surface area contributed by atoms with Crippen LogP contribution in [0.15, 0.2) is 84.9 Å². The van der Waals surface area contributed by atoms with E-state index in [0.29, 0.717) is 0 Å². The van der Waals surface area contributed by atoms with E-state index in [0.717, 1.165) is 33.2 Å². The third kappa shape index (κ3) is 3.47. The zero-order valence-electron chi connectivity index (χ0n) is 16.0. The summed E-state index contributed by atoms with van der Waals surface area (Å²) in [5.74, 6) is 0. The molecular weight excluding hydrogens is 347 g/mol. The third-order valence-electron chi connectivity index (χ3n) is 5.18. The predicted molar refractivity (Wildman–Crippen MR) is 125 cm³/mol. The summed E-state index contributed by atoms with van der Waals surface area (Å²) in [6.07, 6.45) is 0. The number of nitrogens with zero attached hydrogens (tertiary/aromatic N) is 2. The second-order valence-electron chi connectivity index (χ2n) is 7.21. The zero-order chi connectivity index (χ0) is 19.1. The van der Waals surface area contributed by atoms with E-state index in [1.807, 2.05) is 12.1 Å². The summed E-state index contributed by atoms with van der Waals surface area (Å²) in [5.41, 5.74) is 8.76. The summed E-state index contributed by atoms with van der Waals surface area (Å²) in [6.45, 7) is 4.11. The number of pyridine rings is 2. The molecule has 0 N–H and O–H groups in total. The van der Waals surface area contributed by atoms with Gasteiger partial charge in [-0.1, -0.05) is 72.8 Å². The fraction of sp³-hybridized carbons (Fsp3) is 0.0769. The molecule has 0 saturated carbocycles. The molecule has 3 aromatic carbocycles. The molecule has 5 aromatic rings. The van der Waals surface area contributed by atoms with Crippen molar-refractivity contribution in [2.45, 2.75) is 13.8 Å². The van der Waals surface area contributed by atoms with Crippen LogP contribution < -0.4 is 0 Å². The van der Waals surface area contributed by atoms with E-state index in [9.17, 15) is 0 Å². The van der Waals surface area contributed by atoms with Crippen LogP contribution in [0.5, 0.6) is 0 Å². The van der Waals surface area contributed by atoms with Crippen LogP contribution in [0.1, 0.15) is 11.4 Å². The van der Waals surface area contributed by atoms with Crippen LogP contribution in [0.2, 0.25) is 0 Å². The Morgan fingerprint density at radius 2 is 0.897 bits per heavy atom. The Bertz CT molecular complexity index is 1210. The monoisotopic (exact) mass is 368 g/mol. The van der Waals surface area contributed by atoms with E-state index in [4.69, 9.17) is 9.97 Å². The minimum atomic E-state index is 0. The van der Waals surface area contributed by atoms with Gasteiger partial charge >= 0.3 is 18.9 Å². The first kappa shape index (κ1) is 19.4. The van der Waals surface area contributed by atoms with Gasteiger partial charge in [-0.05, 0) is 48.2 Å². The summed E-state index contributed by atoms with van der Waals surface area (Å²) >= 11 is 0. The van der Waals surface area contributed by atoms with Crippen LogP contribution in [0, 0.1) is 13.8 Å². The van der Waals surface area contributed by atoms with E-state index in [2.05, 4.69) is 86.6 Å². The Hall–Kier alpha value is -2.92. The maximum absolute atomic E-state index is 4.90. The predicted octanol–water partition coefficient (Wildman–Crippen LogP) is 6.09. The second-order valence-corrected chi connectivity index (χ2v) is 7.21. The molecule has 3 heteroatoms. The SMILES string of the molecule is Cc1cc(-c2ccccc2)c2ccc3c(-c4ccccc4)cc(C)nc3c2n1.[LiH]. The Morgan fingerprint density at radius 3 is 1.28 bits per heavy atom. The van der Waals surface area contributed by atoms with Crippen molar-refractivity contribution in [3.05, 3.63) is 96.3 Å². The number of benzene rings is 3. The number of rotatable bonds is 2. The number of aromatic nitrogens is 2. The quantitative estimate of drug-likeness (QED) is 0.278. The molecule has 0 aliphatic rings. The molecule has 0 aliphatic heterocycles. The van der Waals surface area contributed by atoms with Crippen LogP contribution in [-0.2, 0) is 0 Å². The van der Waals surface area contributed by atoms with Crippen molar-refractivity contribution < 1.29 is 0 Å². The van der Waals surface area contributed by atoms with Gasteiger partial charge in [0.1, 0.15) is 0 Å². The molecule has 2 heterocycles. The first-order chi connectivity index (χ1) is 13.7. The van der Waals surface area contributed by atoms with Crippen LogP contribution >= 0.6 is 0 Å². The molecule has 0 fully saturated rings. The standard InChI is InChI=1S/C26H20N2.Li.H/c1-17-15-23(19-9-5-3-6-10-19)21-13-14-22-24(20-11-7-4-8-12-20)16-18(2)28-26(22)25(21)27-17;;/h3-16H,1-2H3;;. The molecule has 5 rings (SSSR count). The summed E-state index contributed by atoms with van der Waals surface area (Å²) in [6, 6.07) is 29.7. The molecule has 0 saturated heterocycles. The summed E-state index contributed by atoms with van der Waals surface area (Å²) in [5, 5.41) is 2.28. The molecule has 0 spiro atoms. The van der Waals surface area contributed by atoms with Gasteiger partial charge in [-0.2, -0.15) is 0 Å². The van der Waals surface area contributed by atoms with Crippen molar-refractivity contribution in [2.24, 2.45) is 0 Å². The van der Waals surface area contributed by atoms with E-state index in [1.165, 1.54) is 22.3 Å². The van der Waals surface area contributed by atoms with Crippen LogP contribution in [-0.4, -0.2) is 28.8 Å². The van der Waals surface area contributed by atoms with Gasteiger partial charge < -0.3 is 0 Å². The van der Waals surface area contributed by atoms with Gasteiger partial charge in [-0.25, -0.2) is 0 Å². The Labute approximate surface area is 182 Å². The zero-order valence-corrected chi connectivity index (χ0v) is 16.0. The third-order valence-corrected chi connectivity index (χ3v) is 5.18. The molecule has 0 bridgehead atoms. The van der Waals surface area contributed by atoms with Gasteiger partial charge in [0.2, 0.25) is 0 Å². The fourth-order valence-electron chi connectivity index (χ4n) is 3.94. The van der Waals surface area contributed by atoms with E-state index in [1.54, 1.807) is 0 Å². The van der Waals surface area contributed by atoms with Crippen molar-refractivity contribution in [1.29, 1.82) is 0 Å². The number of fused-ring (bicyclic) bond motifs is 3. The Balaban J connectivity index is 0.00000205. The van der Waals surface area contributed by atoms with Crippen LogP contribution in [0.3, 0.4) is 0 Å². The first-order valence-corrected chi connectivity index (χ1v) is 9.53. The van der Waals surface area contributed by atoms with E-state index < -0.39 is 0 Å². The van der Waals surface area contributed by atoms with Crippen molar-refractivity contribution in [3.63, 3.8) is 0 Å². The van der Waals surface area contributed by atoms with Gasteiger partial charge in [0.05, 0.1) is 11.0 Å². The second kappa shape index (κ2) is 7.83. The van der Waals surface area contributed by atoms with Crippen LogP contribution in [0.4, 0.5) is 0 Å². The average Bonchev–Trinajstić information content (AvgIpc) is 2.74. The molecular formula is C26H21LiN2. The molecule has 2 aromatic heterocycles. The van der Waals surface area contributed by atoms with E-state index in [-0.39, 0.29) is 18.9 Å². The topological polar surface area (TPSA) is 25.8 Å². The minimum absolute atomic E-state index is 0. The maximum atomic E-state index is 4.90. The molecule has 29 heavy (non-hydrogen) atoms. The average molecular weight is 368 g/mol. The molecule has 0 radical (unpaired) electrons. The first-order valence-electron chi connectivity index (χ1n) is 9.53. The van der Waals surface area contributed by atoms with Gasteiger partial charge in [-0.15, -0.1) is 0 Å². The summed E-state index contributed by atoms with van der Waals surface area (Å²) < 4.78 is 0. The number of hydrogen-bond donors (Lipinski definition) is 0. The molecule has 0 amide bonds. The molecule has 136 valence electrons. The number of hydrogen-bond acceptors (Lipinski definition) is 2. The van der Waals surface area contributed by atoms with Gasteiger partial charge in [-0.3, -0.25) is 9.97 Å². The van der Waals surface area contributed by atoms with E-state index >= 15 is 0 Å². The van der Waals surface area contributed by atoms with Crippen molar-refractivity contribution in [3.8, 4) is 22.3 Å². The molecule has 0 atom stereocenters. The van der Waals surface area contributed by atoms with Crippen molar-refractivity contribution >= 4 is 40.7 Å². The van der Waals surface area contributed by atoms with Gasteiger partial charge in [0.25, 0.3) is 0 Å². The number of aryl methyl sites for hydroxylation is 2. The Kier molecular flexibility index (Phi) is 5.24. The molecule has 0 aliphatic carbocycles. The van der Waals surface area contributed by atoms with Gasteiger partial charge in [0, 0.05) is 22.2 Å². The summed E-state index contributed by atoms with van der Waals surface area (Å²) in [4.78, 5) is 9.81. The van der Waals surface area contributed by atoms with Crippen molar-refractivity contribution in [2.75, 3.05) is 0 Å². The van der Waals surface area contributed by atoms with Gasteiger partial charge in [0.15, 0.2) is 0 Å². The Morgan fingerprint density at radius 1 is 0.517 bits per heavy atom. The molecule has 0 unspecified atom stereocenters. The molecule has 2 nitrogen and oxygen atoms in total. The van der Waals surface area contributed by atoms with Crippen LogP contribution in [0.25, 0.3) is 44.1 Å². The fourth-order valence-corrected chi connectivity index (χ4v) is 3.94.